The second-order valence-electron chi connectivity index (χ2n) is 3.32. The van der Waals surface area contributed by atoms with Gasteiger partial charge in [-0.25, -0.2) is 8.42 Å². The Hall–Kier alpha value is -1.80. The van der Waals surface area contributed by atoms with Gasteiger partial charge < -0.3 is 4.42 Å². The van der Waals surface area contributed by atoms with Gasteiger partial charge in [-0.15, -0.1) is 0 Å². The molecule has 0 aliphatic carbocycles. The van der Waals surface area contributed by atoms with Crippen LogP contribution >= 0.6 is 0 Å². The van der Waals surface area contributed by atoms with Gasteiger partial charge in [0.15, 0.2) is 9.84 Å². The minimum absolute atomic E-state index is 0.0121. The van der Waals surface area contributed by atoms with Gasteiger partial charge in [0.2, 0.25) is 0 Å². The Balaban J connectivity index is 2.52. The lowest BCUT2D eigenvalue weighted by molar-refractivity contribution is 0.583. The van der Waals surface area contributed by atoms with Crippen molar-refractivity contribution >= 4 is 20.8 Å². The number of nitrogens with zero attached hydrogens (tertiary/aromatic N) is 1. The van der Waals surface area contributed by atoms with E-state index < -0.39 is 9.84 Å². The van der Waals surface area contributed by atoms with E-state index in [-0.39, 0.29) is 17.1 Å². The van der Waals surface area contributed by atoms with E-state index >= 15 is 0 Å². The third-order valence-corrected chi connectivity index (χ3v) is 3.99. The van der Waals surface area contributed by atoms with Crippen molar-refractivity contribution in [3.63, 3.8) is 0 Å². The molecule has 0 saturated heterocycles. The lowest BCUT2D eigenvalue weighted by Crippen LogP contribution is -2.05. The zero-order valence-electron chi connectivity index (χ0n) is 8.38. The van der Waals surface area contributed by atoms with Crippen molar-refractivity contribution in [2.24, 2.45) is 0 Å². The number of hydrogen-bond acceptors (Lipinski definition) is 4. The lowest BCUT2D eigenvalue weighted by Gasteiger charge is -1.97. The molecule has 2 aromatic rings. The predicted molar refractivity (Wildman–Crippen MR) is 58.5 cm³/mol. The monoisotopic (exact) mass is 235 g/mol. The summed E-state index contributed by atoms with van der Waals surface area (Å²) in [5, 5.41) is 8.97. The van der Waals surface area contributed by atoms with Crippen molar-refractivity contribution in [3.05, 3.63) is 30.5 Å². The van der Waals surface area contributed by atoms with Crippen molar-refractivity contribution in [1.29, 1.82) is 5.26 Å². The minimum Gasteiger partial charge on any atom is -0.463 e. The van der Waals surface area contributed by atoms with E-state index in [0.29, 0.717) is 11.0 Å². The summed E-state index contributed by atoms with van der Waals surface area (Å²) >= 11 is 0. The Morgan fingerprint density at radius 2 is 2.06 bits per heavy atom. The number of rotatable bonds is 3. The highest BCUT2D eigenvalue weighted by molar-refractivity contribution is 7.91. The third kappa shape index (κ3) is 1.79. The molecule has 82 valence electrons. The van der Waals surface area contributed by atoms with Crippen LogP contribution in [0.3, 0.4) is 0 Å². The first-order chi connectivity index (χ1) is 7.65. The van der Waals surface area contributed by atoms with Crippen LogP contribution in [-0.4, -0.2) is 14.2 Å². The van der Waals surface area contributed by atoms with E-state index in [4.69, 9.17) is 9.68 Å². The Morgan fingerprint density at radius 3 is 2.81 bits per heavy atom. The van der Waals surface area contributed by atoms with Crippen molar-refractivity contribution < 1.29 is 12.8 Å². The molecule has 0 N–H and O–H groups in total. The molecule has 5 heteroatoms. The number of benzene rings is 1. The van der Waals surface area contributed by atoms with Gasteiger partial charge in [-0.2, -0.15) is 5.26 Å². The highest BCUT2D eigenvalue weighted by Gasteiger charge is 2.19. The summed E-state index contributed by atoms with van der Waals surface area (Å²) in [6, 6.07) is 8.75. The minimum atomic E-state index is -3.42. The van der Waals surface area contributed by atoms with Crippen molar-refractivity contribution in [2.45, 2.75) is 11.3 Å². The number of furan rings is 1. The van der Waals surface area contributed by atoms with Gasteiger partial charge in [0.05, 0.1) is 11.8 Å². The number of hydrogen-bond donors (Lipinski definition) is 0. The van der Waals surface area contributed by atoms with Crippen LogP contribution in [0.4, 0.5) is 0 Å². The molecule has 0 fully saturated rings. The molecule has 0 aliphatic rings. The fourth-order valence-corrected chi connectivity index (χ4v) is 2.76. The fraction of sp³-hybridized carbons (Fsp3) is 0.182. The highest BCUT2D eigenvalue weighted by Crippen LogP contribution is 2.25. The lowest BCUT2D eigenvalue weighted by atomic mass is 10.3. The molecule has 1 aromatic heterocycles. The van der Waals surface area contributed by atoms with Crippen molar-refractivity contribution in [2.75, 3.05) is 5.75 Å². The maximum atomic E-state index is 11.9. The fourth-order valence-electron chi connectivity index (χ4n) is 1.48. The average Bonchev–Trinajstić information content (AvgIpc) is 2.71. The molecule has 0 spiro atoms. The SMILES string of the molecule is N#CCCS(=O)(=O)c1coc2ccccc12. The molecular formula is C11H9NO3S. The average molecular weight is 235 g/mol. The summed E-state index contributed by atoms with van der Waals surface area (Å²) in [4.78, 5) is 0.165. The van der Waals surface area contributed by atoms with Gasteiger partial charge in [0.25, 0.3) is 0 Å². The molecule has 1 aromatic carbocycles. The zero-order valence-corrected chi connectivity index (χ0v) is 9.20. The van der Waals surface area contributed by atoms with Crippen LogP contribution < -0.4 is 0 Å². The number of sulfone groups is 1. The molecule has 0 atom stereocenters. The Morgan fingerprint density at radius 1 is 1.31 bits per heavy atom. The zero-order chi connectivity index (χ0) is 11.6. The van der Waals surface area contributed by atoms with E-state index in [9.17, 15) is 8.42 Å². The maximum Gasteiger partial charge on any atom is 0.183 e. The van der Waals surface area contributed by atoms with E-state index in [1.165, 1.54) is 6.26 Å². The molecule has 0 aliphatic heterocycles. The standard InChI is InChI=1S/C11H9NO3S/c12-6-3-7-16(13,14)11-8-15-10-5-2-1-4-9(10)11/h1-2,4-5,8H,3,7H2. The summed E-state index contributed by atoms with van der Waals surface area (Å²) in [7, 11) is -3.42. The van der Waals surface area contributed by atoms with Gasteiger partial charge in [-0.05, 0) is 12.1 Å². The van der Waals surface area contributed by atoms with Crippen LogP contribution in [0.5, 0.6) is 0 Å². The van der Waals surface area contributed by atoms with Gasteiger partial charge in [-0.1, -0.05) is 12.1 Å². The van der Waals surface area contributed by atoms with Gasteiger partial charge in [0, 0.05) is 11.8 Å². The van der Waals surface area contributed by atoms with Gasteiger partial charge >= 0.3 is 0 Å². The molecule has 0 bridgehead atoms. The van der Waals surface area contributed by atoms with E-state index in [0.717, 1.165) is 0 Å². The molecule has 16 heavy (non-hydrogen) atoms. The smallest absolute Gasteiger partial charge is 0.183 e. The van der Waals surface area contributed by atoms with Crippen molar-refractivity contribution in [3.8, 4) is 6.07 Å². The Labute approximate surface area is 93.0 Å². The first-order valence-electron chi connectivity index (χ1n) is 4.71. The second kappa shape index (κ2) is 3.99. The summed E-state index contributed by atoms with van der Waals surface area (Å²) in [5.74, 6) is -0.174. The van der Waals surface area contributed by atoms with Crippen LogP contribution in [0.25, 0.3) is 11.0 Å². The summed E-state index contributed by atoms with van der Waals surface area (Å²) in [6.45, 7) is 0. The molecule has 1 heterocycles. The van der Waals surface area contributed by atoms with Crippen LogP contribution in [0.1, 0.15) is 6.42 Å². The van der Waals surface area contributed by atoms with Crippen LogP contribution in [0.2, 0.25) is 0 Å². The highest BCUT2D eigenvalue weighted by atomic mass is 32.2. The van der Waals surface area contributed by atoms with Gasteiger partial charge in [0.1, 0.15) is 16.7 Å². The number of para-hydroxylation sites is 1. The molecule has 0 saturated carbocycles. The van der Waals surface area contributed by atoms with Crippen LogP contribution in [0.15, 0.2) is 39.8 Å². The van der Waals surface area contributed by atoms with Gasteiger partial charge in [-0.3, -0.25) is 0 Å². The summed E-state index contributed by atoms with van der Waals surface area (Å²) in [5.41, 5.74) is 0.540. The second-order valence-corrected chi connectivity index (χ2v) is 5.40. The molecule has 0 amide bonds. The quantitative estimate of drug-likeness (QED) is 0.816. The first-order valence-corrected chi connectivity index (χ1v) is 6.36. The Kier molecular flexibility index (Phi) is 2.67. The summed E-state index contributed by atoms with van der Waals surface area (Å²) in [6.07, 6.45) is 1.22. The number of fused-ring (bicyclic) bond motifs is 1. The molecule has 0 unspecified atom stereocenters. The third-order valence-electron chi connectivity index (χ3n) is 2.26. The van der Waals surface area contributed by atoms with Crippen molar-refractivity contribution in [1.82, 2.24) is 0 Å². The summed E-state index contributed by atoms with van der Waals surface area (Å²) < 4.78 is 28.9. The molecular weight excluding hydrogens is 226 g/mol. The molecule has 2 rings (SSSR count). The van der Waals surface area contributed by atoms with E-state index in [1.54, 1.807) is 24.3 Å². The van der Waals surface area contributed by atoms with Crippen LogP contribution in [0, 0.1) is 11.3 Å². The largest absolute Gasteiger partial charge is 0.463 e. The predicted octanol–water partition coefficient (Wildman–Crippen LogP) is 2.12. The normalized spacial score (nSPS) is 11.4. The van der Waals surface area contributed by atoms with E-state index in [2.05, 4.69) is 0 Å². The molecule has 4 nitrogen and oxygen atoms in total. The maximum absolute atomic E-state index is 11.9. The first kappa shape index (κ1) is 10.7. The molecule has 0 radical (unpaired) electrons. The number of nitriles is 1. The van der Waals surface area contributed by atoms with Crippen LogP contribution in [-0.2, 0) is 9.84 Å². The Bertz CT molecular complexity index is 649. The topological polar surface area (TPSA) is 71.1 Å². The van der Waals surface area contributed by atoms with E-state index in [1.807, 2.05) is 6.07 Å².